The molecule has 0 bridgehead atoms. The highest BCUT2D eigenvalue weighted by atomic mass is 31.2. The Morgan fingerprint density at radius 1 is 0.939 bits per heavy atom. The SMILES string of the molecule is C[C@@H](O[Si](C)(C)C(C)(C)C)[C@H]1C(=O)N2C(C(=O)OCc3ccc([N+](=O)[O-])cc3)=C(OP(=O)(Oc3ccccc3)Oc3ccccc3)[C@H](C)[C@H]12. The Hall–Kier alpha value is -4.45. The molecule has 2 aliphatic heterocycles. The molecule has 0 saturated carbocycles. The summed E-state index contributed by atoms with van der Waals surface area (Å²) in [6.45, 7) is 13.9. The smallest absolute Gasteiger partial charge is 0.456 e. The normalized spacial score (nSPS) is 19.9. The number of non-ortho nitro benzene ring substituents is 1. The lowest BCUT2D eigenvalue weighted by molar-refractivity contribution is -0.384. The monoisotopic (exact) mass is 708 g/mol. The van der Waals surface area contributed by atoms with Gasteiger partial charge in [0, 0.05) is 18.1 Å². The van der Waals surface area contributed by atoms with Crippen molar-refractivity contribution in [3.05, 3.63) is 112 Å². The Labute approximate surface area is 286 Å². The lowest BCUT2D eigenvalue weighted by Gasteiger charge is -2.49. The summed E-state index contributed by atoms with van der Waals surface area (Å²) in [4.78, 5) is 39.7. The molecule has 49 heavy (non-hydrogen) atoms. The Morgan fingerprint density at radius 2 is 1.47 bits per heavy atom. The van der Waals surface area contributed by atoms with E-state index in [2.05, 4.69) is 33.9 Å². The number of benzene rings is 3. The number of fused-ring (bicyclic) bond motifs is 1. The fourth-order valence-electron chi connectivity index (χ4n) is 5.66. The number of hydrogen-bond acceptors (Lipinski definition) is 10. The summed E-state index contributed by atoms with van der Waals surface area (Å²) in [5.41, 5.74) is 0.160. The third kappa shape index (κ3) is 7.59. The summed E-state index contributed by atoms with van der Waals surface area (Å²) >= 11 is 0. The van der Waals surface area contributed by atoms with E-state index < -0.39 is 51.0 Å². The van der Waals surface area contributed by atoms with E-state index in [1.54, 1.807) is 67.6 Å². The number of β-lactam (4-membered cyclic amide) rings is 1. The Balaban J connectivity index is 1.49. The van der Waals surface area contributed by atoms with Gasteiger partial charge < -0.3 is 22.7 Å². The quantitative estimate of drug-likeness (QED) is 0.0428. The summed E-state index contributed by atoms with van der Waals surface area (Å²) in [6, 6.07) is 21.6. The Bertz CT molecular complexity index is 1730. The number of amides is 1. The molecule has 2 aliphatic rings. The van der Waals surface area contributed by atoms with Gasteiger partial charge in [0.1, 0.15) is 23.9 Å². The third-order valence-corrected chi connectivity index (χ3v) is 15.1. The van der Waals surface area contributed by atoms with E-state index in [4.69, 9.17) is 22.7 Å². The van der Waals surface area contributed by atoms with Crippen molar-refractivity contribution < 1.29 is 41.8 Å². The predicted molar refractivity (Wildman–Crippen MR) is 184 cm³/mol. The number of nitro benzene ring substituents is 1. The molecule has 0 N–H and O–H groups in total. The maximum atomic E-state index is 14.5. The molecule has 1 amide bonds. The predicted octanol–water partition coefficient (Wildman–Crippen LogP) is 8.02. The van der Waals surface area contributed by atoms with Crippen LogP contribution in [0.4, 0.5) is 5.69 Å². The number of carbonyl (C=O) groups is 2. The number of nitrogens with zero attached hydrogens (tertiary/aromatic N) is 2. The van der Waals surface area contributed by atoms with Gasteiger partial charge in [0.05, 0.1) is 23.0 Å². The van der Waals surface area contributed by atoms with Gasteiger partial charge in [0.25, 0.3) is 5.69 Å². The molecule has 2 heterocycles. The molecule has 0 aromatic heterocycles. The molecule has 1 saturated heterocycles. The summed E-state index contributed by atoms with van der Waals surface area (Å²) in [5.74, 6) is -2.20. The van der Waals surface area contributed by atoms with Crippen LogP contribution in [-0.4, -0.2) is 42.2 Å². The van der Waals surface area contributed by atoms with Crippen molar-refractivity contribution in [2.24, 2.45) is 11.8 Å². The largest absolute Gasteiger partial charge is 0.646 e. The highest BCUT2D eigenvalue weighted by molar-refractivity contribution is 7.49. The van der Waals surface area contributed by atoms with Crippen LogP contribution in [0.15, 0.2) is 96.4 Å². The summed E-state index contributed by atoms with van der Waals surface area (Å²) in [7, 11) is -6.84. The van der Waals surface area contributed by atoms with Gasteiger partial charge in [-0.3, -0.25) is 19.8 Å². The zero-order valence-electron chi connectivity index (χ0n) is 28.5. The van der Waals surface area contributed by atoms with Crippen molar-refractivity contribution in [2.75, 3.05) is 0 Å². The van der Waals surface area contributed by atoms with Gasteiger partial charge in [-0.15, -0.1) is 0 Å². The highest BCUT2D eigenvalue weighted by Crippen LogP contribution is 2.57. The molecule has 260 valence electrons. The first kappa shape index (κ1) is 35.8. The van der Waals surface area contributed by atoms with Crippen LogP contribution in [0, 0.1) is 22.0 Å². The molecular weight excluding hydrogens is 667 g/mol. The summed E-state index contributed by atoms with van der Waals surface area (Å²) in [5, 5.41) is 11.0. The van der Waals surface area contributed by atoms with Gasteiger partial charge in [-0.25, -0.2) is 4.79 Å². The minimum Gasteiger partial charge on any atom is -0.456 e. The molecular formula is C35H41N2O10PSi. The maximum absolute atomic E-state index is 14.5. The van der Waals surface area contributed by atoms with Gasteiger partial charge in [-0.1, -0.05) is 64.1 Å². The van der Waals surface area contributed by atoms with Crippen LogP contribution in [0.25, 0.3) is 0 Å². The lowest BCUT2D eigenvalue weighted by Crippen LogP contribution is -2.65. The summed E-state index contributed by atoms with van der Waals surface area (Å²) < 4.78 is 44.6. The molecule has 1 fully saturated rings. The number of hydrogen-bond donors (Lipinski definition) is 0. The molecule has 12 nitrogen and oxygen atoms in total. The number of carbonyl (C=O) groups excluding carboxylic acids is 2. The van der Waals surface area contributed by atoms with Crippen LogP contribution in [0.5, 0.6) is 11.5 Å². The lowest BCUT2D eigenvalue weighted by atomic mass is 9.79. The molecule has 0 unspecified atom stereocenters. The highest BCUT2D eigenvalue weighted by Gasteiger charge is 2.63. The van der Waals surface area contributed by atoms with Crippen molar-refractivity contribution in [3.8, 4) is 11.5 Å². The zero-order chi connectivity index (χ0) is 35.7. The number of nitro groups is 1. The van der Waals surface area contributed by atoms with Crippen molar-refractivity contribution in [3.63, 3.8) is 0 Å². The van der Waals surface area contributed by atoms with E-state index in [9.17, 15) is 24.3 Å². The van der Waals surface area contributed by atoms with Crippen molar-refractivity contribution in [1.29, 1.82) is 0 Å². The first-order valence-electron chi connectivity index (χ1n) is 16.0. The second kappa shape index (κ2) is 13.8. The average molecular weight is 709 g/mol. The van der Waals surface area contributed by atoms with E-state index in [1.807, 2.05) is 6.92 Å². The standard InChI is InChI=1S/C35H41N2O10PSi/c1-23-30-29(24(2)47-49(6,7)35(3,4)5)33(38)36(30)31(34(39)43-22-25-18-20-26(21-19-25)37(40)41)32(23)46-48(42,44-27-14-10-8-11-15-27)45-28-16-12-9-13-17-28/h8-21,23-24,29-30H,22H2,1-7H3/t23-,24-,29-,30-/m1/s1. The molecule has 0 aliphatic carbocycles. The van der Waals surface area contributed by atoms with Gasteiger partial charge in [-0.05, 0) is 67.0 Å². The molecule has 14 heteroatoms. The topological polar surface area (TPSA) is 144 Å². The van der Waals surface area contributed by atoms with E-state index in [0.29, 0.717) is 5.56 Å². The van der Waals surface area contributed by atoms with Crippen molar-refractivity contribution in [1.82, 2.24) is 4.90 Å². The number of para-hydroxylation sites is 2. The molecule has 4 atom stereocenters. The van der Waals surface area contributed by atoms with Crippen LogP contribution < -0.4 is 9.05 Å². The number of ether oxygens (including phenoxy) is 1. The van der Waals surface area contributed by atoms with E-state index in [0.717, 1.165) is 0 Å². The van der Waals surface area contributed by atoms with Crippen LogP contribution in [0.1, 0.15) is 40.2 Å². The first-order chi connectivity index (χ1) is 23.0. The van der Waals surface area contributed by atoms with Gasteiger partial charge in [0.15, 0.2) is 14.0 Å². The second-order valence-corrected chi connectivity index (χ2v) is 19.9. The zero-order valence-corrected chi connectivity index (χ0v) is 30.4. The van der Waals surface area contributed by atoms with Crippen molar-refractivity contribution >= 4 is 33.7 Å². The first-order valence-corrected chi connectivity index (χ1v) is 20.3. The molecule has 0 radical (unpaired) electrons. The van der Waals surface area contributed by atoms with E-state index in [-0.39, 0.29) is 46.2 Å². The second-order valence-electron chi connectivity index (χ2n) is 13.7. The molecule has 3 aromatic rings. The summed E-state index contributed by atoms with van der Waals surface area (Å²) in [6.07, 6.45) is -0.484. The number of rotatable bonds is 13. The van der Waals surface area contributed by atoms with Crippen LogP contribution in [0.3, 0.4) is 0 Å². The van der Waals surface area contributed by atoms with Crippen molar-refractivity contribution in [2.45, 2.75) is 71.5 Å². The van der Waals surface area contributed by atoms with Gasteiger partial charge in [-0.2, -0.15) is 4.57 Å². The Kier molecular flexibility index (Phi) is 10.1. The van der Waals surface area contributed by atoms with Crippen LogP contribution >= 0.6 is 7.82 Å². The van der Waals surface area contributed by atoms with Crippen LogP contribution in [0.2, 0.25) is 18.1 Å². The number of esters is 1. The minimum absolute atomic E-state index is 0.0794. The van der Waals surface area contributed by atoms with Gasteiger partial charge in [0.2, 0.25) is 5.91 Å². The van der Waals surface area contributed by atoms with E-state index in [1.165, 1.54) is 29.2 Å². The average Bonchev–Trinajstić information content (AvgIpc) is 3.27. The minimum atomic E-state index is -4.55. The third-order valence-electron chi connectivity index (χ3n) is 9.22. The maximum Gasteiger partial charge on any atom is 0.646 e. The van der Waals surface area contributed by atoms with E-state index >= 15 is 0 Å². The molecule has 0 spiro atoms. The number of phosphoric acid groups is 1. The molecule has 5 rings (SSSR count). The fourth-order valence-corrected chi connectivity index (χ4v) is 8.46. The van der Waals surface area contributed by atoms with Crippen LogP contribution in [-0.2, 0) is 34.4 Å². The number of phosphoric ester groups is 1. The Morgan fingerprint density at radius 3 is 1.96 bits per heavy atom. The molecule has 3 aromatic carbocycles. The fraction of sp³-hybridized carbons (Fsp3) is 0.371. The van der Waals surface area contributed by atoms with Gasteiger partial charge >= 0.3 is 13.8 Å².